The zero-order chi connectivity index (χ0) is 42.8. The molecule has 5 atom stereocenters. The number of pyridine rings is 1. The Kier molecular flexibility index (Phi) is 11.1. The number of hydrogen-bond donors (Lipinski definition) is 3. The number of alkyl halides is 3. The van der Waals surface area contributed by atoms with Crippen LogP contribution in [0.25, 0.3) is 10.9 Å². The van der Waals surface area contributed by atoms with Crippen LogP contribution in [0.1, 0.15) is 115 Å². The third-order valence-electron chi connectivity index (χ3n) is 13.4. The molecule has 324 valence electrons. The van der Waals surface area contributed by atoms with Gasteiger partial charge in [-0.3, -0.25) is 19.1 Å². The number of methoxy groups -OCH3 is 1. The van der Waals surface area contributed by atoms with Gasteiger partial charge in [-0.2, -0.15) is 13.2 Å². The van der Waals surface area contributed by atoms with Crippen molar-refractivity contribution in [3.05, 3.63) is 29.5 Å². The molecule has 0 radical (unpaired) electrons. The number of ether oxygens (including phenoxy) is 3. The summed E-state index contributed by atoms with van der Waals surface area (Å²) in [6.07, 6.45) is -0.109. The van der Waals surface area contributed by atoms with Gasteiger partial charge in [0.1, 0.15) is 34.7 Å². The standard InChI is InChI=1S/C41H54F3N5O9S/c1-24-32-27(28-21-26(56-5)13-14-29(28)45-24)16-17-39(57-32)22-31-33(50)47-40(35(52)48-59(54,55)38(4)19-20-38)18-15-25(40)11-9-7-6-8-10-12-30(34(51)49(31)23-39)46-36(53)58-37(2,3)41(42,43)44/h13-14,21,25,30-31H,6-12,15-20,22-23H2,1-5H3,(H,46,53)(H,47,50)(H,48,52). The van der Waals surface area contributed by atoms with Crippen LogP contribution in [-0.4, -0.2) is 95.5 Å². The minimum atomic E-state index is -4.89. The number of carbonyl (C=O) groups excluding carboxylic acids is 4. The lowest BCUT2D eigenvalue weighted by Gasteiger charge is -2.49. The normalized spacial score (nSPS) is 28.7. The van der Waals surface area contributed by atoms with Gasteiger partial charge in [-0.05, 0) is 103 Å². The Labute approximate surface area is 342 Å². The molecule has 3 aliphatic heterocycles. The summed E-state index contributed by atoms with van der Waals surface area (Å²) in [4.78, 5) is 62.9. The second-order valence-corrected chi connectivity index (χ2v) is 20.1. The van der Waals surface area contributed by atoms with Crippen molar-refractivity contribution in [2.45, 2.75) is 157 Å². The Morgan fingerprint density at radius 1 is 1.02 bits per heavy atom. The summed E-state index contributed by atoms with van der Waals surface area (Å²) in [5.41, 5.74) is -3.36. The van der Waals surface area contributed by atoms with Gasteiger partial charge in [0.2, 0.25) is 27.4 Å². The first-order chi connectivity index (χ1) is 27.6. The first-order valence-electron chi connectivity index (χ1n) is 20.5. The van der Waals surface area contributed by atoms with Crippen LogP contribution >= 0.6 is 0 Å². The number of carbonyl (C=O) groups is 4. The van der Waals surface area contributed by atoms with Gasteiger partial charge in [-0.15, -0.1) is 0 Å². The number of alkyl carbamates (subject to hydrolysis) is 1. The zero-order valence-electron chi connectivity index (χ0n) is 34.2. The molecule has 1 spiro atoms. The average molecular weight is 850 g/mol. The van der Waals surface area contributed by atoms with Crippen LogP contribution in [0, 0.1) is 12.8 Å². The van der Waals surface area contributed by atoms with E-state index in [0.29, 0.717) is 88.8 Å². The van der Waals surface area contributed by atoms with Crippen molar-refractivity contribution in [1.82, 2.24) is 25.2 Å². The third kappa shape index (κ3) is 8.01. The Bertz CT molecular complexity index is 2150. The molecule has 2 saturated carbocycles. The van der Waals surface area contributed by atoms with E-state index in [0.717, 1.165) is 29.3 Å². The molecular weight excluding hydrogens is 796 g/mol. The molecule has 59 heavy (non-hydrogen) atoms. The van der Waals surface area contributed by atoms with E-state index in [4.69, 9.17) is 19.2 Å². The molecule has 1 aromatic carbocycles. The number of halogens is 3. The van der Waals surface area contributed by atoms with Gasteiger partial charge in [0, 0.05) is 17.4 Å². The molecule has 3 N–H and O–H groups in total. The SMILES string of the molecule is COc1ccc2nc(C)c3c(c2c1)CCC1(CC2C(=O)NC4(C(=O)NS(=O)(=O)C5(C)CC5)CCC4CCCCCCCC(NC(=O)OC(C)(C)C(F)(F)F)C(=O)N2C1)O3. The van der Waals surface area contributed by atoms with Crippen LogP contribution in [0.5, 0.6) is 11.5 Å². The minimum Gasteiger partial charge on any atom is -0.497 e. The van der Waals surface area contributed by atoms with Gasteiger partial charge < -0.3 is 29.7 Å². The van der Waals surface area contributed by atoms with E-state index in [1.807, 2.05) is 18.2 Å². The van der Waals surface area contributed by atoms with E-state index in [1.54, 1.807) is 21.0 Å². The highest BCUT2D eigenvalue weighted by Gasteiger charge is 2.60. The first-order valence-corrected chi connectivity index (χ1v) is 22.0. The van der Waals surface area contributed by atoms with Crippen molar-refractivity contribution < 1.29 is 55.0 Å². The van der Waals surface area contributed by atoms with Gasteiger partial charge in [-0.1, -0.05) is 32.1 Å². The van der Waals surface area contributed by atoms with Gasteiger partial charge in [-0.25, -0.2) is 18.2 Å². The minimum absolute atomic E-state index is 0.0311. The zero-order valence-corrected chi connectivity index (χ0v) is 35.0. The Hall–Kier alpha value is -4.35. The van der Waals surface area contributed by atoms with Crippen molar-refractivity contribution in [2.75, 3.05) is 13.7 Å². The molecule has 2 saturated heterocycles. The van der Waals surface area contributed by atoms with Gasteiger partial charge in [0.15, 0.2) is 0 Å². The Morgan fingerprint density at radius 3 is 2.36 bits per heavy atom. The summed E-state index contributed by atoms with van der Waals surface area (Å²) in [6, 6.07) is 2.90. The van der Waals surface area contributed by atoms with Crippen LogP contribution in [0.3, 0.4) is 0 Å². The number of benzene rings is 1. The van der Waals surface area contributed by atoms with Crippen LogP contribution in [0.4, 0.5) is 18.0 Å². The molecule has 4 fully saturated rings. The maximum Gasteiger partial charge on any atom is 0.427 e. The van der Waals surface area contributed by atoms with E-state index < -0.39 is 73.6 Å². The van der Waals surface area contributed by atoms with Crippen molar-refractivity contribution >= 4 is 44.7 Å². The van der Waals surface area contributed by atoms with Crippen LogP contribution in [-0.2, 0) is 35.6 Å². The fourth-order valence-corrected chi connectivity index (χ4v) is 10.4. The Morgan fingerprint density at radius 2 is 1.71 bits per heavy atom. The molecule has 4 amide bonds. The van der Waals surface area contributed by atoms with Crippen molar-refractivity contribution in [3.8, 4) is 11.5 Å². The summed E-state index contributed by atoms with van der Waals surface area (Å²) in [5, 5.41) is 6.16. The second-order valence-electron chi connectivity index (χ2n) is 17.9. The van der Waals surface area contributed by atoms with Gasteiger partial charge in [0.25, 0.3) is 5.91 Å². The first kappa shape index (κ1) is 42.8. The lowest BCUT2D eigenvalue weighted by molar-refractivity contribution is -0.244. The highest BCUT2D eigenvalue weighted by molar-refractivity contribution is 7.91. The van der Waals surface area contributed by atoms with Crippen LogP contribution in [0.15, 0.2) is 18.2 Å². The number of nitrogens with one attached hydrogen (secondary N) is 3. The molecule has 5 aliphatic rings. The predicted octanol–water partition coefficient (Wildman–Crippen LogP) is 5.66. The maximum atomic E-state index is 14.8. The quantitative estimate of drug-likeness (QED) is 0.328. The van der Waals surface area contributed by atoms with E-state index in [2.05, 4.69) is 15.4 Å². The number of amides is 4. The Balaban J connectivity index is 1.24. The third-order valence-corrected chi connectivity index (χ3v) is 15.5. The number of sulfonamides is 1. The number of fused-ring (bicyclic) bond motifs is 5. The number of nitrogens with zero attached hydrogens (tertiary/aromatic N) is 2. The fraction of sp³-hybridized carbons (Fsp3) is 0.683. The highest BCUT2D eigenvalue weighted by Crippen LogP contribution is 2.48. The molecule has 14 nitrogen and oxygen atoms in total. The molecule has 18 heteroatoms. The fourth-order valence-electron chi connectivity index (χ4n) is 9.05. The topological polar surface area (TPSA) is 182 Å². The number of rotatable bonds is 6. The summed E-state index contributed by atoms with van der Waals surface area (Å²) < 4.78 is 86.1. The second kappa shape index (κ2) is 15.3. The molecule has 0 bridgehead atoms. The van der Waals surface area contributed by atoms with Crippen molar-refractivity contribution in [2.24, 2.45) is 5.92 Å². The summed E-state index contributed by atoms with van der Waals surface area (Å²) in [5.74, 6) is -1.48. The van der Waals surface area contributed by atoms with E-state index in [9.17, 15) is 40.8 Å². The summed E-state index contributed by atoms with van der Waals surface area (Å²) >= 11 is 0. The van der Waals surface area contributed by atoms with E-state index in [-0.39, 0.29) is 31.7 Å². The molecule has 2 aliphatic carbocycles. The predicted molar refractivity (Wildman–Crippen MR) is 209 cm³/mol. The molecule has 5 unspecified atom stereocenters. The number of aryl methyl sites for hydroxylation is 2. The average Bonchev–Trinajstić information content (AvgIpc) is 3.82. The highest BCUT2D eigenvalue weighted by atomic mass is 32.2. The molecule has 7 rings (SSSR count). The lowest BCUT2D eigenvalue weighted by Crippen LogP contribution is -2.70. The van der Waals surface area contributed by atoms with Gasteiger partial charge in [0.05, 0.1) is 29.6 Å². The maximum absolute atomic E-state index is 14.8. The molecule has 1 aromatic heterocycles. The number of aromatic nitrogens is 1. The molecular formula is C41H54F3N5O9S. The van der Waals surface area contributed by atoms with Crippen LogP contribution in [0.2, 0.25) is 0 Å². The number of hydrogen-bond acceptors (Lipinski definition) is 10. The smallest absolute Gasteiger partial charge is 0.427 e. The van der Waals surface area contributed by atoms with Crippen molar-refractivity contribution in [1.29, 1.82) is 0 Å². The summed E-state index contributed by atoms with van der Waals surface area (Å²) in [7, 11) is -2.50. The van der Waals surface area contributed by atoms with Crippen LogP contribution < -0.4 is 24.8 Å². The summed E-state index contributed by atoms with van der Waals surface area (Å²) in [6.45, 7) is 4.66. The van der Waals surface area contributed by atoms with Gasteiger partial charge >= 0.3 is 12.3 Å². The molecule has 2 aromatic rings. The largest absolute Gasteiger partial charge is 0.497 e. The van der Waals surface area contributed by atoms with Crippen molar-refractivity contribution in [3.63, 3.8) is 0 Å². The lowest BCUT2D eigenvalue weighted by atomic mass is 9.63. The van der Waals surface area contributed by atoms with E-state index in [1.165, 1.54) is 4.90 Å². The van der Waals surface area contributed by atoms with E-state index >= 15 is 0 Å². The monoisotopic (exact) mass is 849 g/mol. The molecule has 4 heterocycles.